The molecule has 2 aromatic heterocycles. The molecule has 0 aliphatic carbocycles. The van der Waals surface area contributed by atoms with Crippen molar-refractivity contribution in [3.05, 3.63) is 42.9 Å². The Kier molecular flexibility index (Phi) is 2.70. The third-order valence-electron chi connectivity index (χ3n) is 2.12. The molecular formula is C11H10N2O2S. The third-order valence-corrected chi connectivity index (χ3v) is 3.22. The van der Waals surface area contributed by atoms with Crippen LogP contribution in [0.25, 0.3) is 11.3 Å². The average Bonchev–Trinajstić information content (AvgIpc) is 2.29. The van der Waals surface area contributed by atoms with Crippen molar-refractivity contribution in [2.24, 2.45) is 0 Å². The predicted molar refractivity (Wildman–Crippen MR) is 60.6 cm³/mol. The Morgan fingerprint density at radius 1 is 1.12 bits per heavy atom. The van der Waals surface area contributed by atoms with Gasteiger partial charge in [-0.05, 0) is 24.3 Å². The lowest BCUT2D eigenvalue weighted by molar-refractivity contribution is 0.601. The maximum atomic E-state index is 11.2. The van der Waals surface area contributed by atoms with Crippen LogP contribution >= 0.6 is 0 Å². The van der Waals surface area contributed by atoms with Gasteiger partial charge < -0.3 is 0 Å². The van der Waals surface area contributed by atoms with E-state index < -0.39 is 9.84 Å². The molecule has 4 nitrogen and oxygen atoms in total. The van der Waals surface area contributed by atoms with Gasteiger partial charge in [0.15, 0.2) is 9.84 Å². The van der Waals surface area contributed by atoms with Crippen LogP contribution in [-0.2, 0) is 9.84 Å². The Morgan fingerprint density at radius 2 is 1.94 bits per heavy atom. The Morgan fingerprint density at radius 3 is 2.44 bits per heavy atom. The van der Waals surface area contributed by atoms with Crippen LogP contribution in [0.4, 0.5) is 0 Å². The van der Waals surface area contributed by atoms with Gasteiger partial charge >= 0.3 is 0 Å². The predicted octanol–water partition coefficient (Wildman–Crippen LogP) is 1.55. The van der Waals surface area contributed by atoms with E-state index in [1.165, 1.54) is 6.20 Å². The molecule has 0 bridgehead atoms. The van der Waals surface area contributed by atoms with Crippen molar-refractivity contribution < 1.29 is 8.42 Å². The largest absolute Gasteiger partial charge is 0.264 e. The highest BCUT2D eigenvalue weighted by Gasteiger charge is 2.07. The van der Waals surface area contributed by atoms with Gasteiger partial charge in [0.25, 0.3) is 0 Å². The summed E-state index contributed by atoms with van der Waals surface area (Å²) in [6.45, 7) is 0. The number of aromatic nitrogens is 2. The zero-order valence-electron chi connectivity index (χ0n) is 8.66. The minimum atomic E-state index is -3.18. The molecule has 2 rings (SSSR count). The lowest BCUT2D eigenvalue weighted by atomic mass is 10.2. The van der Waals surface area contributed by atoms with Crippen molar-refractivity contribution in [3.63, 3.8) is 0 Å². The minimum Gasteiger partial charge on any atom is -0.264 e. The van der Waals surface area contributed by atoms with E-state index in [4.69, 9.17) is 0 Å². The molecule has 0 saturated carbocycles. The van der Waals surface area contributed by atoms with Crippen LogP contribution in [-0.4, -0.2) is 24.6 Å². The molecule has 0 fully saturated rings. The fourth-order valence-electron chi connectivity index (χ4n) is 1.28. The SMILES string of the molecule is CS(=O)(=O)c1ccc(-c2cccnc2)nc1. The highest BCUT2D eigenvalue weighted by molar-refractivity contribution is 7.90. The first-order valence-electron chi connectivity index (χ1n) is 4.64. The molecule has 0 spiro atoms. The molecule has 0 saturated heterocycles. The van der Waals surface area contributed by atoms with Crippen LogP contribution in [0.3, 0.4) is 0 Å². The molecule has 2 aromatic rings. The molecule has 0 N–H and O–H groups in total. The highest BCUT2D eigenvalue weighted by Crippen LogP contribution is 2.16. The van der Waals surface area contributed by atoms with E-state index >= 15 is 0 Å². The van der Waals surface area contributed by atoms with Crippen molar-refractivity contribution in [1.82, 2.24) is 9.97 Å². The van der Waals surface area contributed by atoms with Crippen molar-refractivity contribution in [1.29, 1.82) is 0 Å². The Hall–Kier alpha value is -1.75. The number of hydrogen-bond acceptors (Lipinski definition) is 4. The molecule has 0 amide bonds. The summed E-state index contributed by atoms with van der Waals surface area (Å²) in [7, 11) is -3.18. The van der Waals surface area contributed by atoms with Crippen LogP contribution in [0.1, 0.15) is 0 Å². The summed E-state index contributed by atoms with van der Waals surface area (Å²) in [5.41, 5.74) is 1.57. The van der Waals surface area contributed by atoms with Gasteiger partial charge in [-0.3, -0.25) is 9.97 Å². The summed E-state index contributed by atoms with van der Waals surface area (Å²) in [5.74, 6) is 0. The molecule has 2 heterocycles. The number of hydrogen-bond donors (Lipinski definition) is 0. The van der Waals surface area contributed by atoms with Crippen molar-refractivity contribution in [2.75, 3.05) is 6.26 Å². The first-order valence-corrected chi connectivity index (χ1v) is 6.53. The maximum Gasteiger partial charge on any atom is 0.177 e. The van der Waals surface area contributed by atoms with E-state index in [9.17, 15) is 8.42 Å². The highest BCUT2D eigenvalue weighted by atomic mass is 32.2. The lowest BCUT2D eigenvalue weighted by Crippen LogP contribution is -1.97. The van der Waals surface area contributed by atoms with E-state index in [0.717, 1.165) is 11.8 Å². The van der Waals surface area contributed by atoms with Crippen LogP contribution in [0.2, 0.25) is 0 Å². The van der Waals surface area contributed by atoms with Gasteiger partial charge in [-0.1, -0.05) is 0 Å². The molecule has 16 heavy (non-hydrogen) atoms. The van der Waals surface area contributed by atoms with Gasteiger partial charge in [-0.25, -0.2) is 8.42 Å². The minimum absolute atomic E-state index is 0.222. The quantitative estimate of drug-likeness (QED) is 0.791. The molecule has 82 valence electrons. The zero-order valence-corrected chi connectivity index (χ0v) is 9.48. The fourth-order valence-corrected chi connectivity index (χ4v) is 1.84. The fraction of sp³-hybridized carbons (Fsp3) is 0.0909. The third kappa shape index (κ3) is 2.25. The van der Waals surface area contributed by atoms with E-state index in [0.29, 0.717) is 5.69 Å². The zero-order chi connectivity index (χ0) is 11.6. The van der Waals surface area contributed by atoms with E-state index in [-0.39, 0.29) is 4.90 Å². The first kappa shape index (κ1) is 10.8. The summed E-state index contributed by atoms with van der Waals surface area (Å²) in [6, 6.07) is 6.90. The molecule has 0 aliphatic rings. The van der Waals surface area contributed by atoms with Crippen LogP contribution in [0.15, 0.2) is 47.8 Å². The van der Waals surface area contributed by atoms with Crippen molar-refractivity contribution in [2.45, 2.75) is 4.90 Å². The molecule has 0 radical (unpaired) electrons. The van der Waals surface area contributed by atoms with Gasteiger partial charge in [0.2, 0.25) is 0 Å². The lowest BCUT2D eigenvalue weighted by Gasteiger charge is -2.01. The Bertz CT molecular complexity index is 577. The van der Waals surface area contributed by atoms with Crippen LogP contribution < -0.4 is 0 Å². The number of nitrogens with zero attached hydrogens (tertiary/aromatic N) is 2. The van der Waals surface area contributed by atoms with E-state index in [1.54, 1.807) is 24.5 Å². The maximum absolute atomic E-state index is 11.2. The van der Waals surface area contributed by atoms with Crippen molar-refractivity contribution in [3.8, 4) is 11.3 Å². The topological polar surface area (TPSA) is 59.9 Å². The molecule has 0 aromatic carbocycles. The summed E-state index contributed by atoms with van der Waals surface area (Å²) in [6.07, 6.45) is 5.88. The number of sulfone groups is 1. The second-order valence-corrected chi connectivity index (χ2v) is 5.41. The van der Waals surface area contributed by atoms with Crippen LogP contribution in [0.5, 0.6) is 0 Å². The molecular weight excluding hydrogens is 224 g/mol. The van der Waals surface area contributed by atoms with Gasteiger partial charge in [0.05, 0.1) is 10.6 Å². The summed E-state index contributed by atoms with van der Waals surface area (Å²) in [5, 5.41) is 0. The van der Waals surface area contributed by atoms with Gasteiger partial charge in [0.1, 0.15) is 0 Å². The second kappa shape index (κ2) is 4.02. The van der Waals surface area contributed by atoms with Gasteiger partial charge in [0, 0.05) is 30.4 Å². The monoisotopic (exact) mass is 234 g/mol. The standard InChI is InChI=1S/C11H10N2O2S/c1-16(14,15)10-4-5-11(13-8-10)9-3-2-6-12-7-9/h2-8H,1H3. The molecule has 0 aliphatic heterocycles. The van der Waals surface area contributed by atoms with E-state index in [1.807, 2.05) is 12.1 Å². The Balaban J connectivity index is 2.41. The first-order chi connectivity index (χ1) is 7.57. The van der Waals surface area contributed by atoms with Gasteiger partial charge in [-0.15, -0.1) is 0 Å². The number of pyridine rings is 2. The molecule has 5 heteroatoms. The second-order valence-electron chi connectivity index (χ2n) is 3.39. The smallest absolute Gasteiger partial charge is 0.177 e. The van der Waals surface area contributed by atoms with Gasteiger partial charge in [-0.2, -0.15) is 0 Å². The van der Waals surface area contributed by atoms with Crippen LogP contribution in [0, 0.1) is 0 Å². The summed E-state index contributed by atoms with van der Waals surface area (Å²) < 4.78 is 22.5. The average molecular weight is 234 g/mol. The van der Waals surface area contributed by atoms with E-state index in [2.05, 4.69) is 9.97 Å². The Labute approximate surface area is 93.9 Å². The molecule has 0 unspecified atom stereocenters. The van der Waals surface area contributed by atoms with Crippen molar-refractivity contribution >= 4 is 9.84 Å². The number of rotatable bonds is 2. The summed E-state index contributed by atoms with van der Waals surface area (Å²) >= 11 is 0. The summed E-state index contributed by atoms with van der Waals surface area (Å²) in [4.78, 5) is 8.29. The normalized spacial score (nSPS) is 11.3. The molecule has 0 atom stereocenters.